The zero-order chi connectivity index (χ0) is 14.6. The van der Waals surface area contributed by atoms with Crippen LogP contribution in [0.25, 0.3) is 0 Å². The summed E-state index contributed by atoms with van der Waals surface area (Å²) < 4.78 is 5.96. The fourth-order valence-corrected chi connectivity index (χ4v) is 2.68. The number of likely N-dealkylation sites (N-methyl/N-ethyl adjacent to an activating group) is 1. The van der Waals surface area contributed by atoms with E-state index in [1.54, 1.807) is 0 Å². The molecule has 1 aromatic carbocycles. The van der Waals surface area contributed by atoms with Crippen molar-refractivity contribution in [2.75, 3.05) is 13.2 Å². The predicted molar refractivity (Wildman–Crippen MR) is 82.8 cm³/mol. The zero-order valence-corrected chi connectivity index (χ0v) is 13.6. The van der Waals surface area contributed by atoms with Gasteiger partial charge in [-0.2, -0.15) is 0 Å². The Labute approximate surface area is 118 Å². The van der Waals surface area contributed by atoms with Gasteiger partial charge in [-0.3, -0.25) is 0 Å². The van der Waals surface area contributed by atoms with Crippen LogP contribution in [0.1, 0.15) is 56.0 Å². The Morgan fingerprint density at radius 1 is 1.05 bits per heavy atom. The summed E-state index contributed by atoms with van der Waals surface area (Å²) in [4.78, 5) is 0. The number of nitrogens with one attached hydrogen (secondary N) is 1. The maximum atomic E-state index is 5.96. The molecule has 0 spiro atoms. The van der Waals surface area contributed by atoms with Gasteiger partial charge in [-0.05, 0) is 70.3 Å². The second-order valence-electron chi connectivity index (χ2n) is 5.82. The molecule has 19 heavy (non-hydrogen) atoms. The summed E-state index contributed by atoms with van der Waals surface area (Å²) in [5, 5.41) is 3.59. The van der Waals surface area contributed by atoms with Crippen LogP contribution in [0, 0.1) is 20.8 Å². The molecule has 1 unspecified atom stereocenters. The Bertz CT molecular complexity index is 424. The molecule has 108 valence electrons. The molecule has 0 aliphatic carbocycles. The molecule has 1 atom stereocenters. The third kappa shape index (κ3) is 3.80. The Hall–Kier alpha value is -0.860. The minimum absolute atomic E-state index is 0.211. The first kappa shape index (κ1) is 16.2. The molecule has 0 heterocycles. The van der Waals surface area contributed by atoms with E-state index in [2.05, 4.69) is 65.9 Å². The van der Waals surface area contributed by atoms with Crippen LogP contribution in [0.15, 0.2) is 12.1 Å². The van der Waals surface area contributed by atoms with Crippen LogP contribution in [0.4, 0.5) is 0 Å². The molecule has 0 amide bonds. The molecule has 0 aromatic heterocycles. The van der Waals surface area contributed by atoms with E-state index in [1.165, 1.54) is 22.3 Å². The normalized spacial score (nSPS) is 13.6. The van der Waals surface area contributed by atoms with Crippen molar-refractivity contribution in [3.8, 4) is 0 Å². The summed E-state index contributed by atoms with van der Waals surface area (Å²) in [6, 6.07) is 4.80. The second-order valence-corrected chi connectivity index (χ2v) is 5.82. The Kier molecular flexibility index (Phi) is 5.57. The van der Waals surface area contributed by atoms with E-state index in [0.29, 0.717) is 0 Å². The molecule has 0 saturated heterocycles. The number of ether oxygens (including phenoxy) is 1. The van der Waals surface area contributed by atoms with Crippen LogP contribution in [0.3, 0.4) is 0 Å². The Morgan fingerprint density at radius 2 is 1.63 bits per heavy atom. The highest BCUT2D eigenvalue weighted by molar-refractivity contribution is 5.39. The number of hydrogen-bond donors (Lipinski definition) is 1. The SMILES string of the molecule is CCNC(c1cc(C)c(C)cc1C)C(C)(C)OCC. The van der Waals surface area contributed by atoms with Crippen molar-refractivity contribution in [2.24, 2.45) is 0 Å². The van der Waals surface area contributed by atoms with Crippen LogP contribution in [-0.2, 0) is 4.74 Å². The van der Waals surface area contributed by atoms with E-state index in [1.807, 2.05) is 0 Å². The molecule has 2 nitrogen and oxygen atoms in total. The minimum atomic E-state index is -0.211. The van der Waals surface area contributed by atoms with Crippen molar-refractivity contribution in [3.05, 3.63) is 34.4 Å². The van der Waals surface area contributed by atoms with Crippen molar-refractivity contribution in [3.63, 3.8) is 0 Å². The minimum Gasteiger partial charge on any atom is -0.374 e. The van der Waals surface area contributed by atoms with Gasteiger partial charge in [0.25, 0.3) is 0 Å². The largest absolute Gasteiger partial charge is 0.374 e. The average molecular weight is 263 g/mol. The summed E-state index contributed by atoms with van der Waals surface area (Å²) >= 11 is 0. The van der Waals surface area contributed by atoms with Gasteiger partial charge < -0.3 is 10.1 Å². The number of hydrogen-bond acceptors (Lipinski definition) is 2. The number of aryl methyl sites for hydroxylation is 3. The highest BCUT2D eigenvalue weighted by Crippen LogP contribution is 2.32. The van der Waals surface area contributed by atoms with Crippen molar-refractivity contribution >= 4 is 0 Å². The lowest BCUT2D eigenvalue weighted by Gasteiger charge is -2.36. The van der Waals surface area contributed by atoms with Gasteiger partial charge >= 0.3 is 0 Å². The number of benzene rings is 1. The summed E-state index contributed by atoms with van der Waals surface area (Å²) in [5.41, 5.74) is 5.17. The van der Waals surface area contributed by atoms with Crippen LogP contribution < -0.4 is 5.32 Å². The van der Waals surface area contributed by atoms with Gasteiger partial charge in [0.2, 0.25) is 0 Å². The van der Waals surface area contributed by atoms with Crippen LogP contribution in [0.2, 0.25) is 0 Å². The van der Waals surface area contributed by atoms with Gasteiger partial charge in [-0.25, -0.2) is 0 Å². The van der Waals surface area contributed by atoms with E-state index in [9.17, 15) is 0 Å². The van der Waals surface area contributed by atoms with Crippen LogP contribution in [0.5, 0.6) is 0 Å². The fourth-order valence-electron chi connectivity index (χ4n) is 2.68. The van der Waals surface area contributed by atoms with Gasteiger partial charge in [-0.15, -0.1) is 0 Å². The van der Waals surface area contributed by atoms with Gasteiger partial charge in [0.05, 0.1) is 11.6 Å². The van der Waals surface area contributed by atoms with Crippen molar-refractivity contribution in [1.29, 1.82) is 0 Å². The zero-order valence-electron chi connectivity index (χ0n) is 13.6. The molecule has 1 aromatic rings. The molecule has 0 saturated carbocycles. The fraction of sp³-hybridized carbons (Fsp3) is 0.647. The predicted octanol–water partition coefficient (Wildman–Crippen LogP) is 4.08. The Balaban J connectivity index is 3.22. The second kappa shape index (κ2) is 6.53. The van der Waals surface area contributed by atoms with E-state index in [0.717, 1.165) is 13.2 Å². The first-order chi connectivity index (χ1) is 8.83. The summed E-state index contributed by atoms with van der Waals surface area (Å²) in [6.07, 6.45) is 0. The third-order valence-corrected chi connectivity index (χ3v) is 3.81. The molecular formula is C17H29NO. The molecule has 0 bridgehead atoms. The van der Waals surface area contributed by atoms with Crippen molar-refractivity contribution in [2.45, 2.75) is 60.1 Å². The maximum absolute atomic E-state index is 5.96. The molecule has 1 rings (SSSR count). The van der Waals surface area contributed by atoms with Crippen LogP contribution >= 0.6 is 0 Å². The molecule has 1 N–H and O–H groups in total. The quantitative estimate of drug-likeness (QED) is 0.835. The topological polar surface area (TPSA) is 21.3 Å². The van der Waals surface area contributed by atoms with Crippen molar-refractivity contribution < 1.29 is 4.74 Å². The van der Waals surface area contributed by atoms with E-state index in [4.69, 9.17) is 4.74 Å². The van der Waals surface area contributed by atoms with Gasteiger partial charge in [0.1, 0.15) is 0 Å². The highest BCUT2D eigenvalue weighted by Gasteiger charge is 2.31. The maximum Gasteiger partial charge on any atom is 0.0820 e. The van der Waals surface area contributed by atoms with Gasteiger partial charge in [-0.1, -0.05) is 19.1 Å². The molecule has 0 radical (unpaired) electrons. The van der Waals surface area contributed by atoms with E-state index >= 15 is 0 Å². The summed E-state index contributed by atoms with van der Waals surface area (Å²) in [6.45, 7) is 16.7. The first-order valence-electron chi connectivity index (χ1n) is 7.28. The smallest absolute Gasteiger partial charge is 0.0820 e. The van der Waals surface area contributed by atoms with Gasteiger partial charge in [0.15, 0.2) is 0 Å². The molecular weight excluding hydrogens is 234 g/mol. The standard InChI is InChI=1S/C17H29NO/c1-8-18-16(17(6,7)19-9-2)15-11-13(4)12(3)10-14(15)5/h10-11,16,18H,8-9H2,1-7H3. The molecule has 0 aliphatic rings. The first-order valence-corrected chi connectivity index (χ1v) is 7.28. The van der Waals surface area contributed by atoms with E-state index < -0.39 is 0 Å². The highest BCUT2D eigenvalue weighted by atomic mass is 16.5. The summed E-state index contributed by atoms with van der Waals surface area (Å²) in [7, 11) is 0. The van der Waals surface area contributed by atoms with Gasteiger partial charge in [0, 0.05) is 6.61 Å². The van der Waals surface area contributed by atoms with Crippen LogP contribution in [-0.4, -0.2) is 18.8 Å². The summed E-state index contributed by atoms with van der Waals surface area (Å²) in [5.74, 6) is 0. The Morgan fingerprint density at radius 3 is 2.16 bits per heavy atom. The average Bonchev–Trinajstić information content (AvgIpc) is 2.31. The number of rotatable bonds is 6. The monoisotopic (exact) mass is 263 g/mol. The molecule has 2 heteroatoms. The molecule has 0 fully saturated rings. The third-order valence-electron chi connectivity index (χ3n) is 3.81. The lowest BCUT2D eigenvalue weighted by molar-refractivity contribution is -0.0390. The van der Waals surface area contributed by atoms with Crippen molar-refractivity contribution in [1.82, 2.24) is 5.32 Å². The lowest BCUT2D eigenvalue weighted by atomic mass is 9.87. The molecule has 0 aliphatic heterocycles. The lowest BCUT2D eigenvalue weighted by Crippen LogP contribution is -2.42. The van der Waals surface area contributed by atoms with E-state index in [-0.39, 0.29) is 11.6 Å².